The minimum Gasteiger partial charge on any atom is -0.352 e. The first-order chi connectivity index (χ1) is 18.8. The number of fused-ring (bicyclic) bond motifs is 5. The number of hydrogen-bond acceptors (Lipinski definition) is 6. The van der Waals surface area contributed by atoms with E-state index in [0.29, 0.717) is 43.5 Å². The van der Waals surface area contributed by atoms with Gasteiger partial charge in [0.1, 0.15) is 11.2 Å². The fourth-order valence-electron chi connectivity index (χ4n) is 5.68. The van der Waals surface area contributed by atoms with E-state index in [1.807, 2.05) is 45.2 Å². The Hall–Kier alpha value is -3.50. The van der Waals surface area contributed by atoms with E-state index in [4.69, 9.17) is 4.98 Å². The van der Waals surface area contributed by atoms with Gasteiger partial charge in [-0.2, -0.15) is 0 Å². The van der Waals surface area contributed by atoms with Crippen LogP contribution in [0.5, 0.6) is 0 Å². The van der Waals surface area contributed by atoms with Crippen molar-refractivity contribution in [3.8, 4) is 0 Å². The predicted molar refractivity (Wildman–Crippen MR) is 154 cm³/mol. The molecule has 0 radical (unpaired) electrons. The molecule has 1 saturated heterocycles. The van der Waals surface area contributed by atoms with Crippen molar-refractivity contribution in [2.45, 2.75) is 33.7 Å². The molecule has 5 rings (SSSR count). The standard InChI is InChI=1S/C29H38FN7O2/c1-6-34(7-2)13-12-31-28(39)24-25(38)20-18-21(30)27(36-16-14-35(15-17-36)19(3)4)32-26(20)37-23-11-9-8-10-22(23)33(5)29(24)37/h8-11,18-19H,6-7,12-17H2,1-5H3,(H,31,39). The molecule has 0 saturated carbocycles. The van der Waals surface area contributed by atoms with Gasteiger partial charge in [0.2, 0.25) is 5.43 Å². The van der Waals surface area contributed by atoms with Crippen LogP contribution in [0.15, 0.2) is 35.1 Å². The van der Waals surface area contributed by atoms with Crippen LogP contribution in [0.25, 0.3) is 27.7 Å². The molecular formula is C29H38FN7O2. The molecule has 1 aromatic carbocycles. The Bertz CT molecular complexity index is 1580. The molecule has 0 bridgehead atoms. The van der Waals surface area contributed by atoms with E-state index in [-0.39, 0.29) is 16.8 Å². The van der Waals surface area contributed by atoms with Gasteiger partial charge in [0.25, 0.3) is 5.91 Å². The van der Waals surface area contributed by atoms with Crippen LogP contribution in [0.4, 0.5) is 10.2 Å². The van der Waals surface area contributed by atoms with Gasteiger partial charge < -0.3 is 19.7 Å². The smallest absolute Gasteiger partial charge is 0.259 e. The van der Waals surface area contributed by atoms with Gasteiger partial charge in [0.05, 0.1) is 16.4 Å². The first kappa shape index (κ1) is 27.1. The van der Waals surface area contributed by atoms with Crippen LogP contribution in [0, 0.1) is 5.82 Å². The Balaban J connectivity index is 1.67. The quantitative estimate of drug-likeness (QED) is 0.374. The van der Waals surface area contributed by atoms with Gasteiger partial charge in [0, 0.05) is 52.4 Å². The maximum Gasteiger partial charge on any atom is 0.259 e. The Labute approximate surface area is 227 Å². The zero-order valence-electron chi connectivity index (χ0n) is 23.5. The van der Waals surface area contributed by atoms with E-state index in [9.17, 15) is 9.59 Å². The number of hydrogen-bond donors (Lipinski definition) is 1. The second-order valence-electron chi connectivity index (χ2n) is 10.5. The highest BCUT2D eigenvalue weighted by Gasteiger charge is 2.27. The predicted octanol–water partition coefficient (Wildman–Crippen LogP) is 3.08. The molecule has 1 amide bonds. The minimum absolute atomic E-state index is 0.000227. The lowest BCUT2D eigenvalue weighted by atomic mass is 10.1. The molecular weight excluding hydrogens is 497 g/mol. The summed E-state index contributed by atoms with van der Waals surface area (Å²) in [6.45, 7) is 14.2. The van der Waals surface area contributed by atoms with Gasteiger partial charge in [-0.1, -0.05) is 26.0 Å². The van der Waals surface area contributed by atoms with E-state index in [0.717, 1.165) is 37.2 Å². The number of halogens is 1. The molecule has 0 aliphatic carbocycles. The Morgan fingerprint density at radius 1 is 1.10 bits per heavy atom. The normalized spacial score (nSPS) is 14.9. The number of rotatable bonds is 8. The van der Waals surface area contributed by atoms with Gasteiger partial charge in [-0.15, -0.1) is 0 Å². The van der Waals surface area contributed by atoms with Crippen molar-refractivity contribution in [1.82, 2.24) is 29.1 Å². The molecule has 1 N–H and O–H groups in total. The van der Waals surface area contributed by atoms with E-state index in [1.54, 1.807) is 0 Å². The summed E-state index contributed by atoms with van der Waals surface area (Å²) in [6, 6.07) is 9.38. The number of aryl methyl sites for hydroxylation is 1. The number of amides is 1. The molecule has 1 aliphatic heterocycles. The number of likely N-dealkylation sites (N-methyl/N-ethyl adjacent to an activating group) is 1. The number of aromatic nitrogens is 3. The van der Waals surface area contributed by atoms with Crippen molar-refractivity contribution in [2.24, 2.45) is 7.05 Å². The van der Waals surface area contributed by atoms with Crippen LogP contribution in [0.3, 0.4) is 0 Å². The van der Waals surface area contributed by atoms with Crippen LogP contribution in [0.1, 0.15) is 38.1 Å². The molecule has 0 spiro atoms. The Morgan fingerprint density at radius 2 is 1.77 bits per heavy atom. The number of carbonyl (C=O) groups is 1. The molecule has 0 unspecified atom stereocenters. The lowest BCUT2D eigenvalue weighted by Gasteiger charge is -2.37. The monoisotopic (exact) mass is 535 g/mol. The van der Waals surface area contributed by atoms with Gasteiger partial charge in [0.15, 0.2) is 17.3 Å². The topological polar surface area (TPSA) is 78.1 Å². The summed E-state index contributed by atoms with van der Waals surface area (Å²) in [5, 5.41) is 3.02. The molecule has 9 nitrogen and oxygen atoms in total. The van der Waals surface area contributed by atoms with Gasteiger partial charge in [-0.05, 0) is 45.1 Å². The Morgan fingerprint density at radius 3 is 2.41 bits per heavy atom. The number of anilines is 1. The maximum absolute atomic E-state index is 15.6. The summed E-state index contributed by atoms with van der Waals surface area (Å²) in [7, 11) is 1.84. The minimum atomic E-state index is -0.550. The molecule has 10 heteroatoms. The fraction of sp³-hybridized carbons (Fsp3) is 0.483. The molecule has 0 atom stereocenters. The van der Waals surface area contributed by atoms with Crippen LogP contribution < -0.4 is 15.6 Å². The van der Waals surface area contributed by atoms with Gasteiger partial charge >= 0.3 is 0 Å². The number of carbonyl (C=O) groups excluding carboxylic acids is 1. The first-order valence-electron chi connectivity index (χ1n) is 13.9. The Kier molecular flexibility index (Phi) is 7.59. The number of piperazine rings is 1. The van der Waals surface area contributed by atoms with Crippen molar-refractivity contribution in [2.75, 3.05) is 57.3 Å². The van der Waals surface area contributed by atoms with E-state index < -0.39 is 17.2 Å². The van der Waals surface area contributed by atoms with Gasteiger partial charge in [-0.25, -0.2) is 9.37 Å². The van der Waals surface area contributed by atoms with Crippen molar-refractivity contribution in [1.29, 1.82) is 0 Å². The first-order valence-corrected chi connectivity index (χ1v) is 13.9. The molecule has 39 heavy (non-hydrogen) atoms. The van der Waals surface area contributed by atoms with Crippen LogP contribution in [-0.2, 0) is 7.05 Å². The molecule has 1 fully saturated rings. The summed E-state index contributed by atoms with van der Waals surface area (Å²) in [5.41, 5.74) is 1.93. The highest BCUT2D eigenvalue weighted by molar-refractivity contribution is 6.05. The number of imidazole rings is 1. The van der Waals surface area contributed by atoms with Crippen LogP contribution in [-0.4, -0.2) is 88.1 Å². The van der Waals surface area contributed by atoms with Crippen LogP contribution >= 0.6 is 0 Å². The van der Waals surface area contributed by atoms with E-state index in [2.05, 4.69) is 42.8 Å². The highest BCUT2D eigenvalue weighted by Crippen LogP contribution is 2.28. The molecule has 208 valence electrons. The summed E-state index contributed by atoms with van der Waals surface area (Å²) in [5.74, 6) is -0.777. The fourth-order valence-corrected chi connectivity index (χ4v) is 5.68. The number of benzene rings is 1. The number of pyridine rings is 2. The molecule has 3 aromatic heterocycles. The molecule has 4 aromatic rings. The van der Waals surface area contributed by atoms with Crippen molar-refractivity contribution < 1.29 is 9.18 Å². The lowest BCUT2D eigenvalue weighted by Crippen LogP contribution is -2.49. The molecule has 4 heterocycles. The summed E-state index contributed by atoms with van der Waals surface area (Å²) >= 11 is 0. The van der Waals surface area contributed by atoms with E-state index in [1.165, 1.54) is 6.07 Å². The third-order valence-electron chi connectivity index (χ3n) is 8.04. The van der Waals surface area contributed by atoms with Crippen molar-refractivity contribution in [3.05, 3.63) is 51.9 Å². The second kappa shape index (κ2) is 10.9. The summed E-state index contributed by atoms with van der Waals surface area (Å²) < 4.78 is 19.3. The van der Waals surface area contributed by atoms with Crippen molar-refractivity contribution in [3.63, 3.8) is 0 Å². The lowest BCUT2D eigenvalue weighted by molar-refractivity contribution is 0.0949. The SMILES string of the molecule is CCN(CC)CCNC(=O)c1c(=O)c2cc(F)c(N3CCN(C(C)C)CC3)nc2n2c3ccccc3n(C)c12. The van der Waals surface area contributed by atoms with Crippen molar-refractivity contribution >= 4 is 39.4 Å². The average molecular weight is 536 g/mol. The highest BCUT2D eigenvalue weighted by atomic mass is 19.1. The zero-order valence-corrected chi connectivity index (χ0v) is 23.5. The zero-order chi connectivity index (χ0) is 27.8. The third-order valence-corrected chi connectivity index (χ3v) is 8.04. The third kappa shape index (κ3) is 4.76. The largest absolute Gasteiger partial charge is 0.352 e. The summed E-state index contributed by atoms with van der Waals surface area (Å²) in [4.78, 5) is 38.6. The van der Waals surface area contributed by atoms with Crippen LogP contribution in [0.2, 0.25) is 0 Å². The molecule has 1 aliphatic rings. The number of nitrogens with zero attached hydrogens (tertiary/aromatic N) is 6. The number of nitrogens with one attached hydrogen (secondary N) is 1. The maximum atomic E-state index is 15.6. The average Bonchev–Trinajstić information content (AvgIpc) is 3.23. The number of para-hydroxylation sites is 2. The second-order valence-corrected chi connectivity index (χ2v) is 10.5. The summed E-state index contributed by atoms with van der Waals surface area (Å²) in [6.07, 6.45) is 0. The van der Waals surface area contributed by atoms with Gasteiger partial charge in [-0.3, -0.25) is 18.9 Å². The van der Waals surface area contributed by atoms with E-state index >= 15 is 4.39 Å².